The van der Waals surface area contributed by atoms with Crippen LogP contribution in [0.4, 0.5) is 4.79 Å². The van der Waals surface area contributed by atoms with E-state index in [4.69, 9.17) is 11.6 Å². The number of nitrogens with one attached hydrogen (secondary N) is 1. The lowest BCUT2D eigenvalue weighted by atomic mass is 9.96. The molecular weight excluding hydrogens is 392 g/mol. The van der Waals surface area contributed by atoms with E-state index in [1.54, 1.807) is 30.1 Å². The smallest absolute Gasteiger partial charge is 0.322 e. The molecule has 2 heterocycles. The van der Waals surface area contributed by atoms with Crippen LogP contribution in [0.5, 0.6) is 0 Å². The highest BCUT2D eigenvalue weighted by molar-refractivity contribution is 6.31. The van der Waals surface area contributed by atoms with Crippen molar-refractivity contribution >= 4 is 29.4 Å². The Morgan fingerprint density at radius 3 is 2.48 bits per heavy atom. The van der Waals surface area contributed by atoms with E-state index in [1.165, 1.54) is 9.80 Å². The molecule has 156 valence electrons. The Labute approximate surface area is 176 Å². The van der Waals surface area contributed by atoms with E-state index in [0.29, 0.717) is 34.9 Å². The van der Waals surface area contributed by atoms with Crippen LogP contribution < -0.4 is 5.32 Å². The van der Waals surface area contributed by atoms with Gasteiger partial charge in [-0.25, -0.2) is 4.79 Å². The number of hydrogen-bond acceptors (Lipinski definition) is 3. The molecule has 0 radical (unpaired) electrons. The standard InChI is InChI=1S/C21H27ClN4O3/c1-4-10-25(11-5-2)17(27)13-26-12-16-18(20(26)28)19(23-21(29)24(16)3)14-8-6-7-9-15(14)22/h6-9,19H,4-5,10-13H2,1-3H3,(H,23,29). The quantitative estimate of drug-likeness (QED) is 0.740. The molecule has 2 aliphatic rings. The van der Waals surface area contributed by atoms with Crippen LogP contribution in [0.3, 0.4) is 0 Å². The molecule has 2 aliphatic heterocycles. The summed E-state index contributed by atoms with van der Waals surface area (Å²) < 4.78 is 0. The van der Waals surface area contributed by atoms with Gasteiger partial charge in [0.25, 0.3) is 5.91 Å². The van der Waals surface area contributed by atoms with Crippen LogP contribution in [0.2, 0.25) is 5.02 Å². The molecule has 8 heteroatoms. The highest BCUT2D eigenvalue weighted by Gasteiger charge is 2.44. The van der Waals surface area contributed by atoms with Gasteiger partial charge in [0.1, 0.15) is 6.54 Å². The third kappa shape index (κ3) is 4.10. The molecule has 3 rings (SSSR count). The molecule has 0 saturated heterocycles. The van der Waals surface area contributed by atoms with Crippen LogP contribution >= 0.6 is 11.6 Å². The molecule has 1 unspecified atom stereocenters. The van der Waals surface area contributed by atoms with Crippen molar-refractivity contribution in [2.45, 2.75) is 32.7 Å². The number of halogens is 1. The molecule has 4 amide bonds. The number of benzene rings is 1. The molecule has 0 saturated carbocycles. The van der Waals surface area contributed by atoms with E-state index >= 15 is 0 Å². The molecule has 0 bridgehead atoms. The van der Waals surface area contributed by atoms with E-state index in [9.17, 15) is 14.4 Å². The predicted molar refractivity (Wildman–Crippen MR) is 111 cm³/mol. The van der Waals surface area contributed by atoms with Crippen molar-refractivity contribution in [2.24, 2.45) is 0 Å². The van der Waals surface area contributed by atoms with Crippen LogP contribution in [0.15, 0.2) is 35.5 Å². The van der Waals surface area contributed by atoms with Crippen molar-refractivity contribution in [1.29, 1.82) is 0 Å². The summed E-state index contributed by atoms with van der Waals surface area (Å²) in [4.78, 5) is 43.3. The summed E-state index contributed by atoms with van der Waals surface area (Å²) in [6, 6.07) is 6.23. The van der Waals surface area contributed by atoms with Gasteiger partial charge < -0.3 is 15.1 Å². The largest absolute Gasteiger partial charge is 0.341 e. The van der Waals surface area contributed by atoms with Crippen LogP contribution in [0, 0.1) is 0 Å². The number of hydrogen-bond donors (Lipinski definition) is 1. The highest BCUT2D eigenvalue weighted by Crippen LogP contribution is 2.37. The zero-order chi connectivity index (χ0) is 21.1. The third-order valence-electron chi connectivity index (χ3n) is 5.32. The molecule has 1 atom stereocenters. The zero-order valence-corrected chi connectivity index (χ0v) is 17.8. The summed E-state index contributed by atoms with van der Waals surface area (Å²) in [5, 5.41) is 3.34. The Balaban J connectivity index is 1.86. The molecule has 0 aromatic heterocycles. The predicted octanol–water partition coefficient (Wildman–Crippen LogP) is 2.78. The Kier molecular flexibility index (Phi) is 6.47. The SMILES string of the molecule is CCCN(CCC)C(=O)CN1CC2=C(C1=O)C(c1ccccc1Cl)NC(=O)N2C. The first-order chi connectivity index (χ1) is 13.9. The summed E-state index contributed by atoms with van der Waals surface area (Å²) >= 11 is 6.34. The maximum absolute atomic E-state index is 13.2. The fourth-order valence-electron chi connectivity index (χ4n) is 3.86. The van der Waals surface area contributed by atoms with Crippen molar-refractivity contribution in [3.63, 3.8) is 0 Å². The van der Waals surface area contributed by atoms with Crippen LogP contribution in [0.1, 0.15) is 38.3 Å². The molecular formula is C21H27ClN4O3. The molecule has 1 aromatic carbocycles. The second-order valence-corrected chi connectivity index (χ2v) is 7.77. The maximum Gasteiger partial charge on any atom is 0.322 e. The molecule has 1 aromatic rings. The fourth-order valence-corrected chi connectivity index (χ4v) is 4.10. The van der Waals surface area contributed by atoms with Crippen LogP contribution in [0.25, 0.3) is 0 Å². The minimum Gasteiger partial charge on any atom is -0.341 e. The molecule has 0 spiro atoms. The number of carbonyl (C=O) groups excluding carboxylic acids is 3. The number of rotatable bonds is 7. The minimum absolute atomic E-state index is 0.00308. The highest BCUT2D eigenvalue weighted by atomic mass is 35.5. The van der Waals surface area contributed by atoms with E-state index in [2.05, 4.69) is 5.32 Å². The van der Waals surface area contributed by atoms with Gasteiger partial charge in [-0.2, -0.15) is 0 Å². The number of likely N-dealkylation sites (N-methyl/N-ethyl adjacent to an activating group) is 1. The maximum atomic E-state index is 13.2. The summed E-state index contributed by atoms with van der Waals surface area (Å²) in [5.74, 6) is -0.309. The van der Waals surface area contributed by atoms with Crippen LogP contribution in [-0.4, -0.2) is 65.8 Å². The van der Waals surface area contributed by atoms with Gasteiger partial charge in [0.15, 0.2) is 0 Å². The Bertz CT molecular complexity index is 848. The number of carbonyl (C=O) groups is 3. The molecule has 0 aliphatic carbocycles. The Morgan fingerprint density at radius 2 is 1.86 bits per heavy atom. The van der Waals surface area contributed by atoms with E-state index < -0.39 is 6.04 Å². The summed E-state index contributed by atoms with van der Waals surface area (Å²) in [7, 11) is 1.63. The molecule has 1 N–H and O–H groups in total. The molecule has 7 nitrogen and oxygen atoms in total. The number of nitrogens with zero attached hydrogens (tertiary/aromatic N) is 3. The van der Waals surface area contributed by atoms with Crippen molar-refractivity contribution in [2.75, 3.05) is 33.2 Å². The van der Waals surface area contributed by atoms with Crippen LogP contribution in [-0.2, 0) is 9.59 Å². The summed E-state index contributed by atoms with van der Waals surface area (Å²) in [6.45, 7) is 5.63. The van der Waals surface area contributed by atoms with Gasteiger partial charge in [-0.3, -0.25) is 14.5 Å². The molecule has 0 fully saturated rings. The number of amides is 4. The van der Waals surface area contributed by atoms with Gasteiger partial charge in [-0.15, -0.1) is 0 Å². The van der Waals surface area contributed by atoms with Gasteiger partial charge in [0.05, 0.1) is 23.9 Å². The van der Waals surface area contributed by atoms with Gasteiger partial charge in [-0.05, 0) is 24.5 Å². The van der Waals surface area contributed by atoms with Crippen molar-refractivity contribution in [1.82, 2.24) is 20.0 Å². The third-order valence-corrected chi connectivity index (χ3v) is 5.66. The monoisotopic (exact) mass is 418 g/mol. The fraction of sp³-hybridized carbons (Fsp3) is 0.476. The zero-order valence-electron chi connectivity index (χ0n) is 17.1. The van der Waals surface area contributed by atoms with Gasteiger partial charge in [-0.1, -0.05) is 43.6 Å². The van der Waals surface area contributed by atoms with E-state index in [-0.39, 0.29) is 30.9 Å². The van der Waals surface area contributed by atoms with Crippen molar-refractivity contribution < 1.29 is 14.4 Å². The van der Waals surface area contributed by atoms with Gasteiger partial charge >= 0.3 is 6.03 Å². The van der Waals surface area contributed by atoms with Gasteiger partial charge in [0, 0.05) is 25.2 Å². The lowest BCUT2D eigenvalue weighted by Crippen LogP contribution is -2.45. The summed E-state index contributed by atoms with van der Waals surface area (Å²) in [6.07, 6.45) is 1.73. The van der Waals surface area contributed by atoms with E-state index in [0.717, 1.165) is 12.8 Å². The first-order valence-electron chi connectivity index (χ1n) is 9.97. The molecule has 29 heavy (non-hydrogen) atoms. The van der Waals surface area contributed by atoms with Gasteiger partial charge in [0.2, 0.25) is 5.91 Å². The van der Waals surface area contributed by atoms with Crippen molar-refractivity contribution in [3.05, 3.63) is 46.1 Å². The average molecular weight is 419 g/mol. The Morgan fingerprint density at radius 1 is 1.21 bits per heavy atom. The average Bonchev–Trinajstić information content (AvgIpc) is 3.02. The topological polar surface area (TPSA) is 73.0 Å². The second-order valence-electron chi connectivity index (χ2n) is 7.37. The second kappa shape index (κ2) is 8.86. The Hall–Kier alpha value is -2.54. The normalized spacial score (nSPS) is 18.8. The number of urea groups is 1. The first-order valence-corrected chi connectivity index (χ1v) is 10.4. The first kappa shape index (κ1) is 21.2. The lowest BCUT2D eigenvalue weighted by molar-refractivity contribution is -0.137. The summed E-state index contributed by atoms with van der Waals surface area (Å²) in [5.41, 5.74) is 1.77. The lowest BCUT2D eigenvalue weighted by Gasteiger charge is -2.31. The minimum atomic E-state index is -0.627. The van der Waals surface area contributed by atoms with E-state index in [1.807, 2.05) is 19.9 Å². The van der Waals surface area contributed by atoms with Crippen molar-refractivity contribution in [3.8, 4) is 0 Å².